The minimum atomic E-state index is 0.277. The number of aliphatic hydroxyl groups excluding tert-OH is 1. The number of hydrogen-bond acceptors (Lipinski definition) is 6. The number of imidazole rings is 1. The SMILES string of the molecule is CC/C=C(/O)c1cccc(-c2cc(Nc3cccc(N4CCCC4)n3)c3nccn3n2)c1. The van der Waals surface area contributed by atoms with E-state index >= 15 is 0 Å². The van der Waals surface area contributed by atoms with Crippen molar-refractivity contribution in [3.8, 4) is 11.3 Å². The third kappa shape index (κ3) is 4.01. The summed E-state index contributed by atoms with van der Waals surface area (Å²) in [6, 6.07) is 15.8. The van der Waals surface area contributed by atoms with Gasteiger partial charge in [-0.1, -0.05) is 31.2 Å². The Hall–Kier alpha value is -3.87. The first-order chi connectivity index (χ1) is 15.7. The molecule has 0 radical (unpaired) electrons. The summed E-state index contributed by atoms with van der Waals surface area (Å²) in [6.07, 6.45) is 8.56. The molecule has 0 saturated carbocycles. The number of aromatic nitrogens is 4. The topological polar surface area (TPSA) is 78.6 Å². The molecule has 1 aromatic carbocycles. The van der Waals surface area contributed by atoms with Crippen LogP contribution in [0.3, 0.4) is 0 Å². The van der Waals surface area contributed by atoms with Crippen LogP contribution < -0.4 is 10.2 Å². The van der Waals surface area contributed by atoms with Gasteiger partial charge in [0.1, 0.15) is 17.4 Å². The smallest absolute Gasteiger partial charge is 0.177 e. The van der Waals surface area contributed by atoms with Crippen molar-refractivity contribution in [2.45, 2.75) is 26.2 Å². The van der Waals surface area contributed by atoms with Crippen LogP contribution in [0.5, 0.6) is 0 Å². The number of anilines is 3. The Balaban J connectivity index is 1.51. The number of rotatable bonds is 6. The van der Waals surface area contributed by atoms with E-state index in [4.69, 9.17) is 10.1 Å². The van der Waals surface area contributed by atoms with E-state index in [9.17, 15) is 5.11 Å². The van der Waals surface area contributed by atoms with Gasteiger partial charge in [0.2, 0.25) is 0 Å². The van der Waals surface area contributed by atoms with Gasteiger partial charge in [0, 0.05) is 36.6 Å². The quantitative estimate of drug-likeness (QED) is 0.400. The average molecular weight is 427 g/mol. The Morgan fingerprint density at radius 3 is 2.81 bits per heavy atom. The predicted octanol–water partition coefficient (Wildman–Crippen LogP) is 5.44. The van der Waals surface area contributed by atoms with Crippen molar-refractivity contribution < 1.29 is 5.11 Å². The summed E-state index contributed by atoms with van der Waals surface area (Å²) in [6.45, 7) is 4.10. The number of nitrogens with one attached hydrogen (secondary N) is 1. The molecular formula is C25H26N6O. The van der Waals surface area contributed by atoms with Crippen LogP contribution in [0.1, 0.15) is 31.7 Å². The second-order valence-corrected chi connectivity index (χ2v) is 7.92. The van der Waals surface area contributed by atoms with Gasteiger partial charge in [-0.25, -0.2) is 14.5 Å². The summed E-state index contributed by atoms with van der Waals surface area (Å²) < 4.78 is 1.76. The zero-order valence-electron chi connectivity index (χ0n) is 18.1. The van der Waals surface area contributed by atoms with E-state index in [2.05, 4.69) is 21.3 Å². The average Bonchev–Trinajstić information content (AvgIpc) is 3.52. The highest BCUT2D eigenvalue weighted by atomic mass is 16.3. The number of allylic oxidation sites excluding steroid dienone is 1. The number of fused-ring (bicyclic) bond motifs is 1. The summed E-state index contributed by atoms with van der Waals surface area (Å²) in [5, 5.41) is 18.5. The number of benzene rings is 1. The van der Waals surface area contributed by atoms with Gasteiger partial charge in [-0.2, -0.15) is 5.10 Å². The van der Waals surface area contributed by atoms with E-state index < -0.39 is 0 Å². The number of aliphatic hydroxyl groups is 1. The van der Waals surface area contributed by atoms with E-state index in [1.165, 1.54) is 12.8 Å². The van der Waals surface area contributed by atoms with Gasteiger partial charge in [-0.15, -0.1) is 0 Å². The van der Waals surface area contributed by atoms with Crippen molar-refractivity contribution in [1.82, 2.24) is 19.6 Å². The molecule has 0 amide bonds. The molecule has 0 bridgehead atoms. The Labute approximate surface area is 187 Å². The standard InChI is InChI=1S/C25H26N6O/c1-2-7-22(32)19-9-5-8-18(16-19)20-17-21(25-26-12-15-31(25)29-20)27-23-10-6-11-24(28-23)30-13-3-4-14-30/h5-12,15-17,32H,2-4,13-14H2,1H3,(H,27,28)/b22-7+. The maximum absolute atomic E-state index is 10.3. The van der Waals surface area contributed by atoms with Crippen molar-refractivity contribution >= 4 is 28.7 Å². The fraction of sp³-hybridized carbons (Fsp3) is 0.240. The molecule has 4 aromatic rings. The van der Waals surface area contributed by atoms with Crippen molar-refractivity contribution in [1.29, 1.82) is 0 Å². The largest absolute Gasteiger partial charge is 0.508 e. The van der Waals surface area contributed by atoms with Crippen LogP contribution in [0.2, 0.25) is 0 Å². The monoisotopic (exact) mass is 426 g/mol. The van der Waals surface area contributed by atoms with Crippen LogP contribution in [0.4, 0.5) is 17.3 Å². The lowest BCUT2D eigenvalue weighted by Gasteiger charge is -2.17. The molecule has 5 rings (SSSR count). The molecule has 1 aliphatic heterocycles. The first-order valence-corrected chi connectivity index (χ1v) is 11.0. The predicted molar refractivity (Wildman–Crippen MR) is 128 cm³/mol. The molecular weight excluding hydrogens is 400 g/mol. The van der Waals surface area contributed by atoms with Crippen molar-refractivity contribution in [3.05, 3.63) is 72.6 Å². The molecule has 0 spiro atoms. The van der Waals surface area contributed by atoms with Crippen LogP contribution in [0.15, 0.2) is 67.0 Å². The maximum atomic E-state index is 10.3. The van der Waals surface area contributed by atoms with Crippen LogP contribution >= 0.6 is 0 Å². The molecule has 0 atom stereocenters. The molecule has 1 fully saturated rings. The molecule has 2 N–H and O–H groups in total. The zero-order valence-corrected chi connectivity index (χ0v) is 18.1. The lowest BCUT2D eigenvalue weighted by atomic mass is 10.1. The molecule has 0 unspecified atom stereocenters. The summed E-state index contributed by atoms with van der Waals surface area (Å²) >= 11 is 0. The Bertz CT molecular complexity index is 1270. The molecule has 3 aromatic heterocycles. The summed E-state index contributed by atoms with van der Waals surface area (Å²) in [7, 11) is 0. The van der Waals surface area contributed by atoms with Crippen molar-refractivity contribution in [2.24, 2.45) is 0 Å². The fourth-order valence-corrected chi connectivity index (χ4v) is 4.05. The van der Waals surface area contributed by atoms with Crippen LogP contribution in [0.25, 0.3) is 22.7 Å². The summed E-state index contributed by atoms with van der Waals surface area (Å²) in [5.41, 5.74) is 4.01. The van der Waals surface area contributed by atoms with E-state index in [0.717, 1.165) is 59.3 Å². The lowest BCUT2D eigenvalue weighted by Crippen LogP contribution is -2.19. The second kappa shape index (κ2) is 8.70. The van der Waals surface area contributed by atoms with Gasteiger partial charge in [0.05, 0.1) is 11.4 Å². The van der Waals surface area contributed by atoms with Crippen LogP contribution in [0, 0.1) is 0 Å². The second-order valence-electron chi connectivity index (χ2n) is 7.92. The lowest BCUT2D eigenvalue weighted by molar-refractivity contribution is 0.509. The van der Waals surface area contributed by atoms with E-state index in [-0.39, 0.29) is 5.76 Å². The summed E-state index contributed by atoms with van der Waals surface area (Å²) in [5.74, 6) is 2.04. The molecule has 0 aliphatic carbocycles. The number of nitrogens with zero attached hydrogens (tertiary/aromatic N) is 5. The molecule has 7 nitrogen and oxygen atoms in total. The first-order valence-electron chi connectivity index (χ1n) is 11.0. The van der Waals surface area contributed by atoms with Crippen LogP contribution in [-0.2, 0) is 0 Å². The third-order valence-electron chi connectivity index (χ3n) is 5.64. The highest BCUT2D eigenvalue weighted by Gasteiger charge is 2.15. The maximum Gasteiger partial charge on any atom is 0.177 e. The minimum absolute atomic E-state index is 0.277. The molecule has 7 heteroatoms. The van der Waals surface area contributed by atoms with Gasteiger partial charge in [-0.3, -0.25) is 0 Å². The fourth-order valence-electron chi connectivity index (χ4n) is 4.05. The number of pyridine rings is 1. The third-order valence-corrected chi connectivity index (χ3v) is 5.64. The van der Waals surface area contributed by atoms with E-state index in [0.29, 0.717) is 0 Å². The van der Waals surface area contributed by atoms with E-state index in [1.54, 1.807) is 16.8 Å². The zero-order chi connectivity index (χ0) is 21.9. The van der Waals surface area contributed by atoms with E-state index in [1.807, 2.05) is 55.6 Å². The molecule has 4 heterocycles. The Kier molecular flexibility index (Phi) is 5.46. The molecule has 1 aliphatic rings. The normalized spacial score (nSPS) is 14.3. The Morgan fingerprint density at radius 2 is 1.97 bits per heavy atom. The van der Waals surface area contributed by atoms with Gasteiger partial charge >= 0.3 is 0 Å². The minimum Gasteiger partial charge on any atom is -0.508 e. The van der Waals surface area contributed by atoms with Gasteiger partial charge in [0.15, 0.2) is 5.65 Å². The van der Waals surface area contributed by atoms with Crippen molar-refractivity contribution in [3.63, 3.8) is 0 Å². The Morgan fingerprint density at radius 1 is 1.12 bits per heavy atom. The van der Waals surface area contributed by atoms with Gasteiger partial charge < -0.3 is 15.3 Å². The number of hydrogen-bond donors (Lipinski definition) is 2. The van der Waals surface area contributed by atoms with Crippen LogP contribution in [-0.4, -0.2) is 37.8 Å². The summed E-state index contributed by atoms with van der Waals surface area (Å²) in [4.78, 5) is 11.6. The van der Waals surface area contributed by atoms with Gasteiger partial charge in [0.25, 0.3) is 0 Å². The molecule has 32 heavy (non-hydrogen) atoms. The van der Waals surface area contributed by atoms with Gasteiger partial charge in [-0.05, 0) is 49.6 Å². The highest BCUT2D eigenvalue weighted by Crippen LogP contribution is 2.28. The highest BCUT2D eigenvalue weighted by molar-refractivity contribution is 5.78. The molecule has 1 saturated heterocycles. The van der Waals surface area contributed by atoms with Crippen molar-refractivity contribution in [2.75, 3.05) is 23.3 Å². The molecule has 162 valence electrons. The first kappa shape index (κ1) is 20.1.